The van der Waals surface area contributed by atoms with Crippen molar-refractivity contribution in [3.8, 4) is 0 Å². The van der Waals surface area contributed by atoms with Crippen LogP contribution in [0.4, 0.5) is 0 Å². The van der Waals surface area contributed by atoms with Crippen molar-refractivity contribution in [2.75, 3.05) is 0 Å². The lowest BCUT2D eigenvalue weighted by Gasteiger charge is -2.44. The van der Waals surface area contributed by atoms with E-state index in [9.17, 15) is 0 Å². The van der Waals surface area contributed by atoms with Crippen molar-refractivity contribution < 1.29 is 14.2 Å². The molecule has 0 heterocycles. The summed E-state index contributed by atoms with van der Waals surface area (Å²) in [6.45, 7) is 17.4. The molecule has 33 heavy (non-hydrogen) atoms. The average Bonchev–Trinajstić information content (AvgIpc) is 2.83. The number of benzene rings is 1. The number of hydrogen-bond acceptors (Lipinski definition) is 3. The van der Waals surface area contributed by atoms with Crippen LogP contribution in [0.1, 0.15) is 137 Å². The molecule has 192 valence electrons. The minimum Gasteiger partial charge on any atom is -0.324 e. The van der Waals surface area contributed by atoms with Gasteiger partial charge in [-0.2, -0.15) is 0 Å². The molecule has 1 aromatic carbocycles. The van der Waals surface area contributed by atoms with Gasteiger partial charge in [0.1, 0.15) is 0 Å². The lowest BCUT2D eigenvalue weighted by molar-refractivity contribution is -0.424. The maximum atomic E-state index is 6.76. The molecule has 4 unspecified atom stereocenters. The molecule has 0 aliphatic rings. The highest BCUT2D eigenvalue weighted by Gasteiger charge is 2.46. The monoisotopic (exact) mass is 462 g/mol. The Kier molecular flexibility index (Phi) is 15.2. The molecule has 3 nitrogen and oxygen atoms in total. The van der Waals surface area contributed by atoms with Gasteiger partial charge in [-0.3, -0.25) is 0 Å². The number of hydrogen-bond donors (Lipinski definition) is 0. The van der Waals surface area contributed by atoms with Crippen molar-refractivity contribution in [1.82, 2.24) is 0 Å². The van der Waals surface area contributed by atoms with E-state index in [0.717, 1.165) is 38.5 Å². The summed E-state index contributed by atoms with van der Waals surface area (Å²) in [5.74, 6) is -1.04. The second kappa shape index (κ2) is 16.7. The van der Waals surface area contributed by atoms with Crippen LogP contribution in [0, 0.1) is 0 Å². The summed E-state index contributed by atoms with van der Waals surface area (Å²) in [6, 6.07) is 9.05. The minimum absolute atomic E-state index is 0.0339. The molecule has 0 fully saturated rings. The first kappa shape index (κ1) is 30.1. The molecule has 0 bridgehead atoms. The first-order chi connectivity index (χ1) is 15.8. The van der Waals surface area contributed by atoms with E-state index in [4.69, 9.17) is 14.2 Å². The summed E-state index contributed by atoms with van der Waals surface area (Å²) in [6.07, 6.45) is 12.6. The summed E-state index contributed by atoms with van der Waals surface area (Å²) in [4.78, 5) is 0. The molecule has 0 N–H and O–H groups in total. The average molecular weight is 463 g/mol. The lowest BCUT2D eigenvalue weighted by Crippen LogP contribution is -2.50. The molecule has 4 atom stereocenters. The van der Waals surface area contributed by atoms with Gasteiger partial charge in [0.25, 0.3) is 5.97 Å². The molecule has 0 aliphatic heterocycles. The Labute approximate surface area is 206 Å². The van der Waals surface area contributed by atoms with E-state index >= 15 is 0 Å². The molecule has 0 aliphatic carbocycles. The maximum Gasteiger partial charge on any atom is 0.290 e. The molecular formula is C30H54O3. The van der Waals surface area contributed by atoms with Crippen LogP contribution in [-0.4, -0.2) is 24.3 Å². The third-order valence-corrected chi connectivity index (χ3v) is 6.88. The fourth-order valence-electron chi connectivity index (χ4n) is 4.08. The van der Waals surface area contributed by atoms with E-state index < -0.39 is 5.97 Å². The van der Waals surface area contributed by atoms with Gasteiger partial charge >= 0.3 is 0 Å². The number of rotatable bonds is 19. The zero-order valence-corrected chi connectivity index (χ0v) is 23.1. The highest BCUT2D eigenvalue weighted by molar-refractivity contribution is 5.26. The van der Waals surface area contributed by atoms with Gasteiger partial charge in [-0.05, 0) is 64.0 Å². The Morgan fingerprint density at radius 1 is 0.636 bits per heavy atom. The Hall–Kier alpha value is -0.900. The van der Waals surface area contributed by atoms with E-state index in [1.165, 1.54) is 43.2 Å². The number of unbranched alkanes of at least 4 members (excludes halogenated alkanes) is 5. The number of aryl methyl sites for hydroxylation is 1. The van der Waals surface area contributed by atoms with Crippen molar-refractivity contribution in [3.63, 3.8) is 0 Å². The molecule has 0 aromatic heterocycles. The van der Waals surface area contributed by atoms with Crippen LogP contribution in [0.15, 0.2) is 24.3 Å². The van der Waals surface area contributed by atoms with Crippen LogP contribution >= 0.6 is 0 Å². The fraction of sp³-hybridized carbons (Fsp3) is 0.800. The highest BCUT2D eigenvalue weighted by Crippen LogP contribution is 2.42. The van der Waals surface area contributed by atoms with Crippen LogP contribution in [0.2, 0.25) is 0 Å². The molecule has 1 aromatic rings. The van der Waals surface area contributed by atoms with E-state index in [-0.39, 0.29) is 24.2 Å². The third-order valence-electron chi connectivity index (χ3n) is 6.88. The van der Waals surface area contributed by atoms with Crippen LogP contribution < -0.4 is 0 Å². The van der Waals surface area contributed by atoms with Gasteiger partial charge in [-0.25, -0.2) is 0 Å². The maximum absolute atomic E-state index is 6.76. The van der Waals surface area contributed by atoms with E-state index in [2.05, 4.69) is 79.7 Å². The van der Waals surface area contributed by atoms with Gasteiger partial charge in [0.2, 0.25) is 0 Å². The Morgan fingerprint density at radius 3 is 1.52 bits per heavy atom. The molecule has 0 spiro atoms. The van der Waals surface area contributed by atoms with E-state index in [0.29, 0.717) is 0 Å². The molecule has 0 radical (unpaired) electrons. The standard InChI is InChI=1S/C30H54O3/c1-9-14-15-16-17-18-19-29(28-22-20-27(13-5)21-23-28)30(31-24(6)10-2,32-25(7)11-3)33-26(8)12-4/h20-26,29H,9-19H2,1-8H3. The Morgan fingerprint density at radius 2 is 1.09 bits per heavy atom. The van der Waals surface area contributed by atoms with Crippen LogP contribution in [0.25, 0.3) is 0 Å². The molecular weight excluding hydrogens is 408 g/mol. The van der Waals surface area contributed by atoms with Crippen molar-refractivity contribution in [3.05, 3.63) is 35.4 Å². The van der Waals surface area contributed by atoms with E-state index in [1.54, 1.807) is 0 Å². The predicted molar refractivity (Wildman–Crippen MR) is 142 cm³/mol. The summed E-state index contributed by atoms with van der Waals surface area (Å²) in [5, 5.41) is 0. The second-order valence-electron chi connectivity index (χ2n) is 9.82. The van der Waals surface area contributed by atoms with Crippen molar-refractivity contribution in [2.45, 2.75) is 156 Å². The van der Waals surface area contributed by atoms with Gasteiger partial charge in [-0.15, -0.1) is 0 Å². The fourth-order valence-corrected chi connectivity index (χ4v) is 4.08. The summed E-state index contributed by atoms with van der Waals surface area (Å²) in [7, 11) is 0. The van der Waals surface area contributed by atoms with Crippen molar-refractivity contribution in [2.24, 2.45) is 0 Å². The van der Waals surface area contributed by atoms with Crippen molar-refractivity contribution >= 4 is 0 Å². The molecule has 3 heteroatoms. The zero-order valence-electron chi connectivity index (χ0n) is 23.1. The van der Waals surface area contributed by atoms with Gasteiger partial charge in [0, 0.05) is 0 Å². The van der Waals surface area contributed by atoms with Crippen LogP contribution in [-0.2, 0) is 20.6 Å². The van der Waals surface area contributed by atoms with Gasteiger partial charge < -0.3 is 14.2 Å². The highest BCUT2D eigenvalue weighted by atomic mass is 16.9. The first-order valence-corrected chi connectivity index (χ1v) is 14.0. The van der Waals surface area contributed by atoms with Gasteiger partial charge in [-0.1, -0.05) is 97.4 Å². The molecule has 0 saturated carbocycles. The molecule has 1 rings (SSSR count). The Balaban J connectivity index is 3.37. The normalized spacial score (nSPS) is 17.3. The quantitative estimate of drug-likeness (QED) is 0.151. The molecule has 0 saturated heterocycles. The summed E-state index contributed by atoms with van der Waals surface area (Å²) < 4.78 is 20.3. The lowest BCUT2D eigenvalue weighted by atomic mass is 9.89. The van der Waals surface area contributed by atoms with Crippen molar-refractivity contribution in [1.29, 1.82) is 0 Å². The van der Waals surface area contributed by atoms with E-state index in [1.807, 2.05) is 0 Å². The summed E-state index contributed by atoms with van der Waals surface area (Å²) >= 11 is 0. The second-order valence-corrected chi connectivity index (χ2v) is 9.82. The van der Waals surface area contributed by atoms with Crippen LogP contribution in [0.3, 0.4) is 0 Å². The smallest absolute Gasteiger partial charge is 0.290 e. The van der Waals surface area contributed by atoms with Gasteiger partial charge in [0.15, 0.2) is 0 Å². The van der Waals surface area contributed by atoms with Crippen LogP contribution in [0.5, 0.6) is 0 Å². The predicted octanol–water partition coefficient (Wildman–Crippen LogP) is 9.18. The zero-order chi connectivity index (χ0) is 24.7. The third kappa shape index (κ3) is 10.5. The summed E-state index contributed by atoms with van der Waals surface area (Å²) in [5.41, 5.74) is 2.62. The SMILES string of the molecule is CCCCCCCCC(c1ccc(CC)cc1)C(OC(C)CC)(OC(C)CC)OC(C)CC. The largest absolute Gasteiger partial charge is 0.324 e. The first-order valence-electron chi connectivity index (χ1n) is 14.0. The minimum atomic E-state index is -1.07. The van der Waals surface area contributed by atoms with Gasteiger partial charge in [0.05, 0.1) is 24.2 Å². The Bertz CT molecular complexity index is 566. The number of ether oxygens (including phenoxy) is 3. The topological polar surface area (TPSA) is 27.7 Å². The molecule has 0 amide bonds.